The van der Waals surface area contributed by atoms with E-state index in [1.165, 1.54) is 16.4 Å². The van der Waals surface area contributed by atoms with Crippen LogP contribution >= 0.6 is 0 Å². The first-order valence-electron chi connectivity index (χ1n) is 10.7. The molecule has 0 aromatic heterocycles. The van der Waals surface area contributed by atoms with E-state index in [4.69, 9.17) is 0 Å². The average Bonchev–Trinajstić information content (AvgIpc) is 3.40. The van der Waals surface area contributed by atoms with Gasteiger partial charge in [-0.25, -0.2) is 8.42 Å². The van der Waals surface area contributed by atoms with Gasteiger partial charge >= 0.3 is 0 Å². The maximum Gasteiger partial charge on any atom is 0.251 e. The summed E-state index contributed by atoms with van der Waals surface area (Å²) in [6.07, 6.45) is 3.95. The van der Waals surface area contributed by atoms with E-state index in [2.05, 4.69) is 10.6 Å². The standard InChI is InChI=1S/C23H27N3O4S/c27-22(18-9-6-10-20(16-18)31(29,30)26-13-4-5-14-26)25-21(23(28)24-19-11-12-19)15-17-7-2-1-3-8-17/h1-3,6-10,16,19,21H,4-5,11-15H2,(H,24,28)(H,25,27). The Morgan fingerprint density at radius 1 is 1.00 bits per heavy atom. The molecule has 1 aliphatic carbocycles. The van der Waals surface area contributed by atoms with Gasteiger partial charge in [-0.1, -0.05) is 36.4 Å². The number of sulfonamides is 1. The van der Waals surface area contributed by atoms with Crippen LogP contribution in [0.4, 0.5) is 0 Å². The van der Waals surface area contributed by atoms with Gasteiger partial charge in [0.25, 0.3) is 5.91 Å². The second kappa shape index (κ2) is 9.20. The molecule has 0 bridgehead atoms. The van der Waals surface area contributed by atoms with Crippen LogP contribution in [0.15, 0.2) is 59.5 Å². The third-order valence-corrected chi connectivity index (χ3v) is 7.52. The van der Waals surface area contributed by atoms with Crippen LogP contribution in [0.2, 0.25) is 0 Å². The monoisotopic (exact) mass is 441 g/mol. The molecule has 1 saturated carbocycles. The molecular weight excluding hydrogens is 414 g/mol. The van der Waals surface area contributed by atoms with E-state index in [1.807, 2.05) is 30.3 Å². The maximum atomic E-state index is 13.0. The lowest BCUT2D eigenvalue weighted by Gasteiger charge is -2.19. The summed E-state index contributed by atoms with van der Waals surface area (Å²) >= 11 is 0. The van der Waals surface area contributed by atoms with E-state index in [9.17, 15) is 18.0 Å². The maximum absolute atomic E-state index is 13.0. The number of hydrogen-bond acceptors (Lipinski definition) is 4. The normalized spacial score (nSPS) is 17.8. The van der Waals surface area contributed by atoms with Crippen LogP contribution in [-0.2, 0) is 21.2 Å². The highest BCUT2D eigenvalue weighted by Crippen LogP contribution is 2.22. The van der Waals surface area contributed by atoms with Gasteiger partial charge in [0.05, 0.1) is 4.90 Å². The summed E-state index contributed by atoms with van der Waals surface area (Å²) in [6.45, 7) is 0.999. The van der Waals surface area contributed by atoms with Crippen LogP contribution in [0.25, 0.3) is 0 Å². The van der Waals surface area contributed by atoms with Crippen molar-refractivity contribution in [2.75, 3.05) is 13.1 Å². The Balaban J connectivity index is 1.51. The molecule has 31 heavy (non-hydrogen) atoms. The van der Waals surface area contributed by atoms with Gasteiger partial charge in [0.2, 0.25) is 15.9 Å². The van der Waals surface area contributed by atoms with Gasteiger partial charge in [0.1, 0.15) is 6.04 Å². The van der Waals surface area contributed by atoms with Crippen LogP contribution in [0.3, 0.4) is 0 Å². The molecule has 4 rings (SSSR count). The van der Waals surface area contributed by atoms with Crippen molar-refractivity contribution < 1.29 is 18.0 Å². The molecule has 1 saturated heterocycles. The molecule has 2 aromatic rings. The molecule has 7 nitrogen and oxygen atoms in total. The molecule has 0 spiro atoms. The molecule has 2 amide bonds. The van der Waals surface area contributed by atoms with Gasteiger partial charge in [-0.15, -0.1) is 0 Å². The Labute approximate surface area is 182 Å². The summed E-state index contributed by atoms with van der Waals surface area (Å²) < 4.78 is 27.1. The van der Waals surface area contributed by atoms with E-state index >= 15 is 0 Å². The van der Waals surface area contributed by atoms with E-state index in [1.54, 1.807) is 12.1 Å². The quantitative estimate of drug-likeness (QED) is 0.656. The molecule has 2 aliphatic rings. The molecule has 164 valence electrons. The highest BCUT2D eigenvalue weighted by atomic mass is 32.2. The second-order valence-corrected chi connectivity index (χ2v) is 10.1. The third kappa shape index (κ3) is 5.32. The third-order valence-electron chi connectivity index (χ3n) is 5.63. The highest BCUT2D eigenvalue weighted by Gasteiger charge is 2.30. The summed E-state index contributed by atoms with van der Waals surface area (Å²) in [6, 6.07) is 15.0. The summed E-state index contributed by atoms with van der Waals surface area (Å²) in [5.74, 6) is -0.689. The number of carbonyl (C=O) groups is 2. The lowest BCUT2D eigenvalue weighted by atomic mass is 10.0. The number of carbonyl (C=O) groups excluding carboxylic acids is 2. The minimum Gasteiger partial charge on any atom is -0.352 e. The first kappa shape index (κ1) is 21.5. The van der Waals surface area contributed by atoms with Gasteiger partial charge in [-0.05, 0) is 49.4 Å². The molecule has 1 aliphatic heterocycles. The fraction of sp³-hybridized carbons (Fsp3) is 0.391. The Bertz CT molecular complexity index is 1050. The zero-order valence-electron chi connectivity index (χ0n) is 17.3. The number of rotatable bonds is 8. The van der Waals surface area contributed by atoms with Crippen LogP contribution in [0.1, 0.15) is 41.6 Å². The smallest absolute Gasteiger partial charge is 0.251 e. The molecule has 1 atom stereocenters. The molecule has 8 heteroatoms. The van der Waals surface area contributed by atoms with Crippen LogP contribution in [-0.4, -0.2) is 49.7 Å². The van der Waals surface area contributed by atoms with Crippen molar-refractivity contribution in [1.29, 1.82) is 0 Å². The molecule has 1 unspecified atom stereocenters. The van der Waals surface area contributed by atoms with Gasteiger partial charge in [-0.2, -0.15) is 4.31 Å². The molecule has 1 heterocycles. The zero-order valence-corrected chi connectivity index (χ0v) is 18.1. The number of nitrogens with one attached hydrogen (secondary N) is 2. The predicted molar refractivity (Wildman–Crippen MR) is 117 cm³/mol. The van der Waals surface area contributed by atoms with Crippen LogP contribution in [0, 0.1) is 0 Å². The summed E-state index contributed by atoms with van der Waals surface area (Å²) in [7, 11) is -3.62. The van der Waals surface area contributed by atoms with E-state index in [-0.39, 0.29) is 22.4 Å². The first-order valence-corrected chi connectivity index (χ1v) is 12.1. The van der Waals surface area contributed by atoms with E-state index in [0.717, 1.165) is 31.2 Å². The number of benzene rings is 2. The molecular formula is C23H27N3O4S. The van der Waals surface area contributed by atoms with Crippen LogP contribution < -0.4 is 10.6 Å². The van der Waals surface area contributed by atoms with Crippen molar-refractivity contribution in [3.8, 4) is 0 Å². The largest absolute Gasteiger partial charge is 0.352 e. The minimum atomic E-state index is -3.62. The van der Waals surface area contributed by atoms with Crippen molar-refractivity contribution in [3.63, 3.8) is 0 Å². The van der Waals surface area contributed by atoms with Crippen molar-refractivity contribution in [2.24, 2.45) is 0 Å². The molecule has 2 aromatic carbocycles. The first-order chi connectivity index (χ1) is 14.9. The van der Waals surface area contributed by atoms with Crippen molar-refractivity contribution in [3.05, 3.63) is 65.7 Å². The fourth-order valence-corrected chi connectivity index (χ4v) is 5.27. The molecule has 2 N–H and O–H groups in total. The minimum absolute atomic E-state index is 0.101. The van der Waals surface area contributed by atoms with Gasteiger partial charge in [0, 0.05) is 31.1 Å². The van der Waals surface area contributed by atoms with Gasteiger partial charge in [-0.3, -0.25) is 9.59 Å². The lowest BCUT2D eigenvalue weighted by molar-refractivity contribution is -0.123. The Morgan fingerprint density at radius 2 is 1.71 bits per heavy atom. The SMILES string of the molecule is O=C(NC(Cc1ccccc1)C(=O)NC1CC1)c1cccc(S(=O)(=O)N2CCCC2)c1. The number of hydrogen-bond donors (Lipinski definition) is 2. The van der Waals surface area contributed by atoms with E-state index in [0.29, 0.717) is 19.5 Å². The predicted octanol–water partition coefficient (Wildman–Crippen LogP) is 2.09. The van der Waals surface area contributed by atoms with Crippen molar-refractivity contribution in [1.82, 2.24) is 14.9 Å². The summed E-state index contributed by atoms with van der Waals surface area (Å²) in [5.41, 5.74) is 1.15. The summed E-state index contributed by atoms with van der Waals surface area (Å²) in [5, 5.41) is 5.75. The molecule has 2 fully saturated rings. The Hall–Kier alpha value is -2.71. The average molecular weight is 442 g/mol. The van der Waals surface area contributed by atoms with Crippen molar-refractivity contribution >= 4 is 21.8 Å². The zero-order chi connectivity index (χ0) is 21.8. The topological polar surface area (TPSA) is 95.6 Å². The molecule has 0 radical (unpaired) electrons. The Morgan fingerprint density at radius 3 is 2.39 bits per heavy atom. The highest BCUT2D eigenvalue weighted by molar-refractivity contribution is 7.89. The van der Waals surface area contributed by atoms with Crippen LogP contribution in [0.5, 0.6) is 0 Å². The van der Waals surface area contributed by atoms with E-state index < -0.39 is 22.0 Å². The number of nitrogens with zero attached hydrogens (tertiary/aromatic N) is 1. The fourth-order valence-electron chi connectivity index (χ4n) is 3.71. The van der Waals surface area contributed by atoms with Crippen molar-refractivity contribution in [2.45, 2.75) is 49.1 Å². The lowest BCUT2D eigenvalue weighted by Crippen LogP contribution is -2.48. The Kier molecular flexibility index (Phi) is 6.38. The van der Waals surface area contributed by atoms with Gasteiger partial charge < -0.3 is 10.6 Å². The second-order valence-electron chi connectivity index (χ2n) is 8.14. The van der Waals surface area contributed by atoms with Gasteiger partial charge in [0.15, 0.2) is 0 Å². The number of amides is 2. The summed E-state index contributed by atoms with van der Waals surface area (Å²) in [4.78, 5) is 25.8.